The molecule has 0 rings (SSSR count). The van der Waals surface area contributed by atoms with Crippen LogP contribution in [0.2, 0.25) is 0 Å². The summed E-state index contributed by atoms with van der Waals surface area (Å²) >= 11 is 0. The molecule has 0 radical (unpaired) electrons. The molecule has 0 aromatic heterocycles. The van der Waals surface area contributed by atoms with Gasteiger partial charge in [-0.25, -0.2) is 0 Å². The first-order chi connectivity index (χ1) is 6.99. The summed E-state index contributed by atoms with van der Waals surface area (Å²) in [5, 5.41) is 13.8. The summed E-state index contributed by atoms with van der Waals surface area (Å²) in [4.78, 5) is 11.3. The second-order valence-electron chi connectivity index (χ2n) is 3.99. The van der Waals surface area contributed by atoms with E-state index in [1.165, 1.54) is 0 Å². The minimum atomic E-state index is -0.207. The van der Waals surface area contributed by atoms with Crippen LogP contribution in [0, 0.1) is 5.92 Å². The molecule has 0 aliphatic heterocycles. The van der Waals surface area contributed by atoms with Gasteiger partial charge >= 0.3 is 0 Å². The Kier molecular flexibility index (Phi) is 6.49. The molecule has 0 aliphatic carbocycles. The van der Waals surface area contributed by atoms with Crippen molar-refractivity contribution in [2.75, 3.05) is 0 Å². The molecule has 0 saturated carbocycles. The zero-order valence-electron chi connectivity index (χ0n) is 9.66. The number of nitrogens with zero attached hydrogens (tertiary/aromatic N) is 1. The second-order valence-corrected chi connectivity index (χ2v) is 3.99. The summed E-state index contributed by atoms with van der Waals surface area (Å²) in [6, 6.07) is 0.124. The van der Waals surface area contributed by atoms with E-state index in [9.17, 15) is 4.79 Å². The minimum absolute atomic E-state index is 0.0542. The molecule has 1 amide bonds. The van der Waals surface area contributed by atoms with Crippen molar-refractivity contribution in [3.8, 4) is 0 Å². The average molecular weight is 215 g/mol. The number of hydrogen-bond donors (Lipinski definition) is 3. The third-order valence-electron chi connectivity index (χ3n) is 2.33. The van der Waals surface area contributed by atoms with Crippen molar-refractivity contribution < 1.29 is 10.0 Å². The first kappa shape index (κ1) is 13.7. The molecule has 0 bridgehead atoms. The Morgan fingerprint density at radius 3 is 2.60 bits per heavy atom. The summed E-state index contributed by atoms with van der Waals surface area (Å²) in [5.41, 5.74) is 5.22. The summed E-state index contributed by atoms with van der Waals surface area (Å²) in [7, 11) is 0. The zero-order chi connectivity index (χ0) is 11.8. The molecule has 0 aromatic rings. The highest BCUT2D eigenvalue weighted by atomic mass is 16.4. The molecule has 2 unspecified atom stereocenters. The lowest BCUT2D eigenvalue weighted by atomic mass is 10.0. The fourth-order valence-electron chi connectivity index (χ4n) is 1.35. The lowest BCUT2D eigenvalue weighted by Gasteiger charge is -2.17. The van der Waals surface area contributed by atoms with Crippen LogP contribution in [0.3, 0.4) is 0 Å². The normalized spacial score (nSPS) is 15.8. The van der Waals surface area contributed by atoms with Gasteiger partial charge in [-0.2, -0.15) is 0 Å². The molecule has 0 fully saturated rings. The van der Waals surface area contributed by atoms with Gasteiger partial charge in [0.2, 0.25) is 5.91 Å². The van der Waals surface area contributed by atoms with E-state index < -0.39 is 0 Å². The van der Waals surface area contributed by atoms with Gasteiger partial charge in [0.25, 0.3) is 0 Å². The number of amidine groups is 1. The average Bonchev–Trinajstić information content (AvgIpc) is 2.16. The lowest BCUT2D eigenvalue weighted by Crippen LogP contribution is -2.36. The van der Waals surface area contributed by atoms with E-state index >= 15 is 0 Å². The lowest BCUT2D eigenvalue weighted by molar-refractivity contribution is -0.120. The van der Waals surface area contributed by atoms with E-state index in [-0.39, 0.29) is 24.2 Å². The number of carbonyl (C=O) groups is 1. The predicted molar refractivity (Wildman–Crippen MR) is 59.7 cm³/mol. The molecule has 0 aliphatic rings. The SMILES string of the molecule is CCC(C)CC(C)NC(=O)CC(N)=NO. The van der Waals surface area contributed by atoms with Gasteiger partial charge in [-0.15, -0.1) is 0 Å². The Bertz CT molecular complexity index is 229. The van der Waals surface area contributed by atoms with Gasteiger partial charge < -0.3 is 16.3 Å². The topological polar surface area (TPSA) is 87.7 Å². The molecular weight excluding hydrogens is 194 g/mol. The molecule has 5 nitrogen and oxygen atoms in total. The quantitative estimate of drug-likeness (QED) is 0.268. The number of oxime groups is 1. The summed E-state index contributed by atoms with van der Waals surface area (Å²) in [5.74, 6) is 0.313. The van der Waals surface area contributed by atoms with E-state index in [2.05, 4.69) is 24.3 Å². The van der Waals surface area contributed by atoms with Crippen molar-refractivity contribution in [3.05, 3.63) is 0 Å². The summed E-state index contributed by atoms with van der Waals surface area (Å²) in [6.45, 7) is 6.22. The van der Waals surface area contributed by atoms with Crippen LogP contribution in [-0.4, -0.2) is 23.0 Å². The Morgan fingerprint density at radius 1 is 1.53 bits per heavy atom. The van der Waals surface area contributed by atoms with E-state index in [0.717, 1.165) is 12.8 Å². The molecule has 88 valence electrons. The number of rotatable bonds is 6. The van der Waals surface area contributed by atoms with Crippen molar-refractivity contribution in [3.63, 3.8) is 0 Å². The Hall–Kier alpha value is -1.26. The first-order valence-electron chi connectivity index (χ1n) is 5.25. The molecule has 15 heavy (non-hydrogen) atoms. The molecule has 0 heterocycles. The number of nitrogens with two attached hydrogens (primary N) is 1. The summed E-state index contributed by atoms with van der Waals surface area (Å²) < 4.78 is 0. The molecule has 4 N–H and O–H groups in total. The smallest absolute Gasteiger partial charge is 0.227 e. The van der Waals surface area contributed by atoms with E-state index in [4.69, 9.17) is 10.9 Å². The highest BCUT2D eigenvalue weighted by Crippen LogP contribution is 2.09. The van der Waals surface area contributed by atoms with Crippen molar-refractivity contribution in [2.24, 2.45) is 16.8 Å². The molecule has 0 spiro atoms. The van der Waals surface area contributed by atoms with Crippen LogP contribution in [-0.2, 0) is 4.79 Å². The van der Waals surface area contributed by atoms with Crippen LogP contribution in [0.4, 0.5) is 0 Å². The minimum Gasteiger partial charge on any atom is -0.409 e. The Morgan fingerprint density at radius 2 is 2.13 bits per heavy atom. The van der Waals surface area contributed by atoms with E-state index in [1.807, 2.05) is 6.92 Å². The largest absolute Gasteiger partial charge is 0.409 e. The van der Waals surface area contributed by atoms with Crippen LogP contribution < -0.4 is 11.1 Å². The number of nitrogens with one attached hydrogen (secondary N) is 1. The maximum atomic E-state index is 11.3. The van der Waals surface area contributed by atoms with Gasteiger partial charge in [-0.05, 0) is 19.3 Å². The van der Waals surface area contributed by atoms with Crippen LogP contribution in [0.25, 0.3) is 0 Å². The molecular formula is C10H21N3O2. The van der Waals surface area contributed by atoms with Gasteiger partial charge in [0.1, 0.15) is 5.84 Å². The predicted octanol–water partition coefficient (Wildman–Crippen LogP) is 1.06. The fraction of sp³-hybridized carbons (Fsp3) is 0.800. The number of carbonyl (C=O) groups excluding carboxylic acids is 1. The van der Waals surface area contributed by atoms with Crippen LogP contribution in [0.5, 0.6) is 0 Å². The summed E-state index contributed by atoms with van der Waals surface area (Å²) in [6.07, 6.45) is 1.99. The van der Waals surface area contributed by atoms with Crippen LogP contribution in [0.1, 0.15) is 40.0 Å². The van der Waals surface area contributed by atoms with E-state index in [0.29, 0.717) is 5.92 Å². The van der Waals surface area contributed by atoms with Crippen molar-refractivity contribution in [2.45, 2.75) is 46.1 Å². The third-order valence-corrected chi connectivity index (χ3v) is 2.33. The van der Waals surface area contributed by atoms with Crippen molar-refractivity contribution >= 4 is 11.7 Å². The van der Waals surface area contributed by atoms with Gasteiger partial charge in [-0.1, -0.05) is 25.4 Å². The Balaban J connectivity index is 3.86. The van der Waals surface area contributed by atoms with Gasteiger partial charge in [0, 0.05) is 6.04 Å². The monoisotopic (exact) mass is 215 g/mol. The van der Waals surface area contributed by atoms with Crippen molar-refractivity contribution in [1.29, 1.82) is 0 Å². The second kappa shape index (κ2) is 7.09. The molecule has 5 heteroatoms. The highest BCUT2D eigenvalue weighted by molar-refractivity contribution is 5.98. The molecule has 0 aromatic carbocycles. The van der Waals surface area contributed by atoms with Gasteiger partial charge in [0.05, 0.1) is 6.42 Å². The maximum absolute atomic E-state index is 11.3. The molecule has 2 atom stereocenters. The molecule has 0 saturated heterocycles. The fourth-order valence-corrected chi connectivity index (χ4v) is 1.35. The number of amides is 1. The third kappa shape index (κ3) is 6.76. The van der Waals surface area contributed by atoms with Gasteiger partial charge in [-0.3, -0.25) is 4.79 Å². The maximum Gasteiger partial charge on any atom is 0.227 e. The highest BCUT2D eigenvalue weighted by Gasteiger charge is 2.11. The van der Waals surface area contributed by atoms with E-state index in [1.54, 1.807) is 0 Å². The van der Waals surface area contributed by atoms with Crippen molar-refractivity contribution in [1.82, 2.24) is 5.32 Å². The number of hydrogen-bond acceptors (Lipinski definition) is 3. The standard InChI is InChI=1S/C10H21N3O2/c1-4-7(2)5-8(3)12-10(14)6-9(11)13-15/h7-8,15H,4-6H2,1-3H3,(H2,11,13)(H,12,14). The van der Waals surface area contributed by atoms with Crippen LogP contribution >= 0.6 is 0 Å². The van der Waals surface area contributed by atoms with Crippen LogP contribution in [0.15, 0.2) is 5.16 Å². The zero-order valence-corrected chi connectivity index (χ0v) is 9.66. The first-order valence-corrected chi connectivity index (χ1v) is 5.25. The van der Waals surface area contributed by atoms with Gasteiger partial charge in [0.15, 0.2) is 0 Å². The Labute approximate surface area is 90.7 Å².